The fourth-order valence-electron chi connectivity index (χ4n) is 5.10. The van der Waals surface area contributed by atoms with E-state index in [9.17, 15) is 9.18 Å². The van der Waals surface area contributed by atoms with Crippen molar-refractivity contribution in [1.82, 2.24) is 0 Å². The number of rotatable bonds is 9. The highest BCUT2D eigenvalue weighted by Crippen LogP contribution is 2.45. The van der Waals surface area contributed by atoms with Crippen molar-refractivity contribution in [3.8, 4) is 5.75 Å². The zero-order chi connectivity index (χ0) is 22.5. The van der Waals surface area contributed by atoms with Gasteiger partial charge >= 0.3 is 5.97 Å². The highest BCUT2D eigenvalue weighted by atomic mass is 19.1. The Labute approximate surface area is 190 Å². The Kier molecular flexibility index (Phi) is 7.33. The highest BCUT2D eigenvalue weighted by molar-refractivity contribution is 5.70. The molecule has 2 aromatic rings. The van der Waals surface area contributed by atoms with Crippen molar-refractivity contribution in [2.75, 3.05) is 26.1 Å². The molecule has 0 spiro atoms. The quantitative estimate of drug-likeness (QED) is 0.467. The van der Waals surface area contributed by atoms with Crippen LogP contribution in [0.3, 0.4) is 0 Å². The molecule has 5 heteroatoms. The molecule has 1 atom stereocenters. The fraction of sp³-hybridized carbons (Fsp3) is 0.519. The van der Waals surface area contributed by atoms with E-state index >= 15 is 0 Å². The molecular formula is C27H34FNO3. The maximum absolute atomic E-state index is 14.3. The maximum atomic E-state index is 14.3. The second-order valence-corrected chi connectivity index (χ2v) is 9.34. The Bertz CT molecular complexity index is 919. The molecule has 0 unspecified atom stereocenters. The third kappa shape index (κ3) is 5.62. The second kappa shape index (κ2) is 10.4. The summed E-state index contributed by atoms with van der Waals surface area (Å²) in [6.45, 7) is 0.919. The van der Waals surface area contributed by atoms with Crippen molar-refractivity contribution in [3.63, 3.8) is 0 Å². The molecule has 4 rings (SSSR count). The monoisotopic (exact) mass is 439 g/mol. The highest BCUT2D eigenvalue weighted by Gasteiger charge is 2.34. The van der Waals surface area contributed by atoms with Crippen LogP contribution in [0.15, 0.2) is 42.5 Å². The van der Waals surface area contributed by atoms with Crippen LogP contribution >= 0.6 is 0 Å². The molecular weight excluding hydrogens is 405 g/mol. The number of halogens is 1. The first-order valence-electron chi connectivity index (χ1n) is 11.8. The molecule has 2 aromatic carbocycles. The summed E-state index contributed by atoms with van der Waals surface area (Å²) < 4.78 is 24.5. The van der Waals surface area contributed by atoms with Gasteiger partial charge in [-0.05, 0) is 104 Å². The van der Waals surface area contributed by atoms with Crippen molar-refractivity contribution < 1.29 is 18.7 Å². The summed E-state index contributed by atoms with van der Waals surface area (Å²) in [5.41, 5.74) is 3.12. The molecule has 32 heavy (non-hydrogen) atoms. The number of ether oxygens (including phenoxy) is 2. The number of nitrogens with one attached hydrogen (secondary N) is 1. The number of carbonyl (C=O) groups is 1. The van der Waals surface area contributed by atoms with Gasteiger partial charge in [-0.1, -0.05) is 12.1 Å². The molecule has 0 bridgehead atoms. The van der Waals surface area contributed by atoms with E-state index in [0.29, 0.717) is 18.3 Å². The molecule has 0 amide bonds. The van der Waals surface area contributed by atoms with Crippen molar-refractivity contribution in [2.24, 2.45) is 11.8 Å². The first kappa shape index (κ1) is 22.6. The average Bonchev–Trinajstić information content (AvgIpc) is 3.67. The molecule has 0 heterocycles. The zero-order valence-corrected chi connectivity index (χ0v) is 19.1. The van der Waals surface area contributed by atoms with Gasteiger partial charge in [0.05, 0.1) is 20.6 Å². The molecule has 2 fully saturated rings. The van der Waals surface area contributed by atoms with Crippen LogP contribution in [0.2, 0.25) is 0 Å². The minimum absolute atomic E-state index is 0.124. The predicted molar refractivity (Wildman–Crippen MR) is 125 cm³/mol. The fourth-order valence-corrected chi connectivity index (χ4v) is 5.10. The Hall–Kier alpha value is -2.56. The topological polar surface area (TPSA) is 47.6 Å². The summed E-state index contributed by atoms with van der Waals surface area (Å²) in [7, 11) is 3.08. The molecule has 172 valence electrons. The number of hydrogen-bond acceptors (Lipinski definition) is 4. The Morgan fingerprint density at radius 2 is 1.84 bits per heavy atom. The van der Waals surface area contributed by atoms with Gasteiger partial charge in [-0.25, -0.2) is 4.39 Å². The van der Waals surface area contributed by atoms with Crippen LogP contribution in [-0.2, 0) is 9.53 Å². The van der Waals surface area contributed by atoms with Gasteiger partial charge in [-0.2, -0.15) is 0 Å². The van der Waals surface area contributed by atoms with E-state index in [-0.39, 0.29) is 23.6 Å². The lowest BCUT2D eigenvalue weighted by Crippen LogP contribution is -2.21. The molecule has 0 aliphatic heterocycles. The lowest BCUT2D eigenvalue weighted by Gasteiger charge is -2.29. The predicted octanol–water partition coefficient (Wildman–Crippen LogP) is 6.28. The molecule has 0 aromatic heterocycles. The van der Waals surface area contributed by atoms with Crippen LogP contribution < -0.4 is 10.1 Å². The van der Waals surface area contributed by atoms with E-state index in [0.717, 1.165) is 49.2 Å². The van der Waals surface area contributed by atoms with Gasteiger partial charge in [0.2, 0.25) is 0 Å². The van der Waals surface area contributed by atoms with Gasteiger partial charge in [-0.15, -0.1) is 0 Å². The number of methoxy groups -OCH3 is 2. The van der Waals surface area contributed by atoms with Crippen molar-refractivity contribution in [3.05, 3.63) is 59.4 Å². The normalized spacial score (nSPS) is 21.6. The molecule has 2 aliphatic rings. The number of benzene rings is 2. The Balaban J connectivity index is 1.31. The van der Waals surface area contributed by atoms with Crippen LogP contribution in [0.4, 0.5) is 10.1 Å². The van der Waals surface area contributed by atoms with Gasteiger partial charge in [0.25, 0.3) is 0 Å². The lowest BCUT2D eigenvalue weighted by molar-refractivity contribution is -0.141. The molecule has 0 saturated heterocycles. The van der Waals surface area contributed by atoms with Crippen LogP contribution in [0.5, 0.6) is 5.75 Å². The van der Waals surface area contributed by atoms with E-state index < -0.39 is 0 Å². The van der Waals surface area contributed by atoms with Crippen molar-refractivity contribution in [2.45, 2.75) is 56.8 Å². The van der Waals surface area contributed by atoms with Gasteiger partial charge in [0.1, 0.15) is 11.6 Å². The van der Waals surface area contributed by atoms with Crippen molar-refractivity contribution >= 4 is 11.7 Å². The summed E-state index contributed by atoms with van der Waals surface area (Å²) in [4.78, 5) is 11.9. The second-order valence-electron chi connectivity index (χ2n) is 9.34. The van der Waals surface area contributed by atoms with Gasteiger partial charge in [-0.3, -0.25) is 4.79 Å². The van der Waals surface area contributed by atoms with Gasteiger partial charge in [0, 0.05) is 12.2 Å². The maximum Gasteiger partial charge on any atom is 0.306 e. The lowest BCUT2D eigenvalue weighted by atomic mass is 9.78. The zero-order valence-electron chi connectivity index (χ0n) is 19.1. The smallest absolute Gasteiger partial charge is 0.306 e. The van der Waals surface area contributed by atoms with Gasteiger partial charge < -0.3 is 14.8 Å². The van der Waals surface area contributed by atoms with E-state index in [4.69, 9.17) is 9.47 Å². The minimum Gasteiger partial charge on any atom is -0.497 e. The van der Waals surface area contributed by atoms with Crippen LogP contribution in [0.25, 0.3) is 0 Å². The summed E-state index contributed by atoms with van der Waals surface area (Å²) in [5, 5.41) is 3.61. The standard InChI is InChI=1S/C27H34FNO3/c1-31-23-12-13-26(28)25(15-23)20-8-6-18(7-9-20)17-29-22-5-3-4-21(14-22)24(19-10-11-19)16-27(30)32-2/h3-5,12-15,18-20,24,29H,6-11,16-17H2,1-2H3/t18?,20?,24-/m0/s1. The number of hydrogen-bond donors (Lipinski definition) is 1. The molecule has 4 nitrogen and oxygen atoms in total. The number of anilines is 1. The average molecular weight is 440 g/mol. The number of esters is 1. The molecule has 2 aliphatic carbocycles. The third-order valence-corrected chi connectivity index (χ3v) is 7.20. The summed E-state index contributed by atoms with van der Waals surface area (Å²) >= 11 is 0. The molecule has 1 N–H and O–H groups in total. The molecule has 2 saturated carbocycles. The van der Waals surface area contributed by atoms with E-state index in [1.54, 1.807) is 13.2 Å². The first-order chi connectivity index (χ1) is 15.6. The van der Waals surface area contributed by atoms with Crippen LogP contribution in [0, 0.1) is 17.7 Å². The Morgan fingerprint density at radius 3 is 2.53 bits per heavy atom. The van der Waals surface area contributed by atoms with Crippen LogP contribution in [0.1, 0.15) is 67.9 Å². The largest absolute Gasteiger partial charge is 0.497 e. The third-order valence-electron chi connectivity index (χ3n) is 7.20. The Morgan fingerprint density at radius 1 is 1.06 bits per heavy atom. The van der Waals surface area contributed by atoms with E-state index in [1.807, 2.05) is 6.07 Å². The van der Waals surface area contributed by atoms with E-state index in [1.165, 1.54) is 31.6 Å². The summed E-state index contributed by atoms with van der Waals surface area (Å²) in [6.07, 6.45) is 7.00. The first-order valence-corrected chi connectivity index (χ1v) is 11.8. The van der Waals surface area contributed by atoms with Gasteiger partial charge in [0.15, 0.2) is 0 Å². The summed E-state index contributed by atoms with van der Waals surface area (Å²) in [5.74, 6) is 2.15. The van der Waals surface area contributed by atoms with Crippen molar-refractivity contribution in [1.29, 1.82) is 0 Å². The van der Waals surface area contributed by atoms with Crippen LogP contribution in [-0.4, -0.2) is 26.7 Å². The number of carbonyl (C=O) groups excluding carboxylic acids is 1. The summed E-state index contributed by atoms with van der Waals surface area (Å²) in [6, 6.07) is 13.6. The SMILES string of the molecule is COC(=O)C[C@H](c1cccc(NCC2CCC(c3cc(OC)ccc3F)CC2)c1)C1CC1. The van der Waals surface area contributed by atoms with E-state index in [2.05, 4.69) is 29.6 Å². The molecule has 0 radical (unpaired) electrons. The minimum atomic E-state index is -0.135.